The number of hydrogen-bond acceptors (Lipinski definition) is 1. The molecular weight excluding hydrogens is 210 g/mol. The highest BCUT2D eigenvalue weighted by Gasteiger charge is 2.29. The molecule has 0 aromatic rings. The summed E-state index contributed by atoms with van der Waals surface area (Å²) in [6.07, 6.45) is 9.50. The summed E-state index contributed by atoms with van der Waals surface area (Å²) in [4.78, 5) is 14.3. The van der Waals surface area contributed by atoms with Crippen LogP contribution in [0.1, 0.15) is 46.5 Å². The monoisotopic (exact) mass is 235 g/mol. The van der Waals surface area contributed by atoms with Crippen molar-refractivity contribution < 1.29 is 4.79 Å². The normalized spacial score (nSPS) is 23.2. The minimum absolute atomic E-state index is 0.196. The van der Waals surface area contributed by atoms with Crippen LogP contribution in [0.2, 0.25) is 0 Å². The Morgan fingerprint density at radius 2 is 2.18 bits per heavy atom. The van der Waals surface area contributed by atoms with E-state index in [2.05, 4.69) is 26.7 Å². The largest absolute Gasteiger partial charge is 0.341 e. The van der Waals surface area contributed by atoms with E-state index in [0.717, 1.165) is 38.8 Å². The standard InChI is InChI=1S/C15H25NO/c1-5-12(4)10-14(7-3)15(17)16-9-8-13(6-2)11-16/h2,12-14H,5,7-11H2,1,3-4H3. The number of amides is 1. The average Bonchev–Trinajstić information content (AvgIpc) is 2.83. The average molecular weight is 235 g/mol. The zero-order chi connectivity index (χ0) is 12.8. The van der Waals surface area contributed by atoms with Crippen molar-refractivity contribution in [2.75, 3.05) is 13.1 Å². The Morgan fingerprint density at radius 3 is 2.65 bits per heavy atom. The molecule has 17 heavy (non-hydrogen) atoms. The second kappa shape index (κ2) is 6.69. The van der Waals surface area contributed by atoms with Gasteiger partial charge in [-0.05, 0) is 25.2 Å². The molecule has 0 radical (unpaired) electrons. The number of rotatable bonds is 5. The zero-order valence-electron chi connectivity index (χ0n) is 11.4. The fraction of sp³-hybridized carbons (Fsp3) is 0.800. The molecule has 1 saturated heterocycles. The second-order valence-electron chi connectivity index (χ2n) is 5.29. The van der Waals surface area contributed by atoms with Gasteiger partial charge in [-0.15, -0.1) is 12.3 Å². The summed E-state index contributed by atoms with van der Waals surface area (Å²) in [6, 6.07) is 0. The molecule has 2 nitrogen and oxygen atoms in total. The molecular formula is C15H25NO. The zero-order valence-corrected chi connectivity index (χ0v) is 11.4. The Bertz CT molecular complexity index is 292. The second-order valence-corrected chi connectivity index (χ2v) is 5.29. The maximum atomic E-state index is 12.3. The van der Waals surface area contributed by atoms with Gasteiger partial charge in [0.15, 0.2) is 0 Å². The quantitative estimate of drug-likeness (QED) is 0.671. The lowest BCUT2D eigenvalue weighted by Crippen LogP contribution is -2.34. The van der Waals surface area contributed by atoms with Crippen molar-refractivity contribution in [2.45, 2.75) is 46.5 Å². The lowest BCUT2D eigenvalue weighted by molar-refractivity contribution is -0.135. The van der Waals surface area contributed by atoms with Crippen molar-refractivity contribution in [3.63, 3.8) is 0 Å². The molecule has 1 amide bonds. The van der Waals surface area contributed by atoms with Crippen LogP contribution in [-0.2, 0) is 4.79 Å². The van der Waals surface area contributed by atoms with Crippen LogP contribution in [0.15, 0.2) is 0 Å². The van der Waals surface area contributed by atoms with Crippen LogP contribution in [0.5, 0.6) is 0 Å². The Labute approximate surface area is 106 Å². The van der Waals surface area contributed by atoms with Gasteiger partial charge in [0.05, 0.1) is 0 Å². The van der Waals surface area contributed by atoms with Crippen molar-refractivity contribution in [3.05, 3.63) is 0 Å². The molecule has 1 aliphatic heterocycles. The van der Waals surface area contributed by atoms with E-state index in [0.29, 0.717) is 11.8 Å². The molecule has 0 N–H and O–H groups in total. The number of carbonyl (C=O) groups is 1. The van der Waals surface area contributed by atoms with Gasteiger partial charge in [-0.1, -0.05) is 27.2 Å². The van der Waals surface area contributed by atoms with Crippen molar-refractivity contribution in [1.82, 2.24) is 4.90 Å². The fourth-order valence-electron chi connectivity index (χ4n) is 2.45. The van der Waals surface area contributed by atoms with E-state index in [1.54, 1.807) is 0 Å². The third-order valence-electron chi connectivity index (χ3n) is 3.96. The number of nitrogens with zero attached hydrogens (tertiary/aromatic N) is 1. The highest BCUT2D eigenvalue weighted by molar-refractivity contribution is 5.79. The van der Waals surface area contributed by atoms with Crippen LogP contribution in [0.25, 0.3) is 0 Å². The first-order valence-corrected chi connectivity index (χ1v) is 6.87. The number of terminal acetylenes is 1. The molecule has 0 aliphatic carbocycles. The number of likely N-dealkylation sites (tertiary alicyclic amines) is 1. The van der Waals surface area contributed by atoms with Gasteiger partial charge in [-0.3, -0.25) is 4.79 Å². The maximum absolute atomic E-state index is 12.3. The smallest absolute Gasteiger partial charge is 0.225 e. The van der Waals surface area contributed by atoms with Gasteiger partial charge in [0, 0.05) is 24.9 Å². The highest BCUT2D eigenvalue weighted by atomic mass is 16.2. The molecule has 96 valence electrons. The summed E-state index contributed by atoms with van der Waals surface area (Å²) in [5, 5.41) is 0. The van der Waals surface area contributed by atoms with Crippen LogP contribution in [-0.4, -0.2) is 23.9 Å². The van der Waals surface area contributed by atoms with Crippen LogP contribution >= 0.6 is 0 Å². The van der Waals surface area contributed by atoms with Crippen molar-refractivity contribution in [1.29, 1.82) is 0 Å². The van der Waals surface area contributed by atoms with Crippen LogP contribution in [0.3, 0.4) is 0 Å². The first-order valence-electron chi connectivity index (χ1n) is 6.87. The van der Waals surface area contributed by atoms with E-state index in [1.165, 1.54) is 0 Å². The molecule has 0 spiro atoms. The molecule has 2 heteroatoms. The van der Waals surface area contributed by atoms with Crippen molar-refractivity contribution in [3.8, 4) is 12.3 Å². The van der Waals surface area contributed by atoms with Crippen molar-refractivity contribution in [2.24, 2.45) is 17.8 Å². The highest BCUT2D eigenvalue weighted by Crippen LogP contribution is 2.24. The first-order chi connectivity index (χ1) is 8.12. The van der Waals surface area contributed by atoms with E-state index < -0.39 is 0 Å². The van der Waals surface area contributed by atoms with E-state index >= 15 is 0 Å². The summed E-state index contributed by atoms with van der Waals surface area (Å²) >= 11 is 0. The summed E-state index contributed by atoms with van der Waals surface area (Å²) in [5.41, 5.74) is 0. The SMILES string of the molecule is C#CC1CCN(C(=O)C(CC)CC(C)CC)C1. The Balaban J connectivity index is 2.52. The molecule has 1 fully saturated rings. The summed E-state index contributed by atoms with van der Waals surface area (Å²) in [6.45, 7) is 8.15. The van der Waals surface area contributed by atoms with Crippen LogP contribution in [0.4, 0.5) is 0 Å². The lowest BCUT2D eigenvalue weighted by atomic mass is 9.91. The molecule has 1 heterocycles. The third kappa shape index (κ3) is 3.77. The molecule has 3 atom stereocenters. The molecule has 0 aromatic heterocycles. The predicted octanol–water partition coefficient (Wildman–Crippen LogP) is 2.93. The van der Waals surface area contributed by atoms with E-state index in [-0.39, 0.29) is 11.8 Å². The van der Waals surface area contributed by atoms with Gasteiger partial charge in [0.1, 0.15) is 0 Å². The molecule has 0 saturated carbocycles. The fourth-order valence-corrected chi connectivity index (χ4v) is 2.45. The molecule has 0 aromatic carbocycles. The van der Waals surface area contributed by atoms with Crippen molar-refractivity contribution >= 4 is 5.91 Å². The van der Waals surface area contributed by atoms with E-state index in [9.17, 15) is 4.79 Å². The molecule has 1 rings (SSSR count). The molecule has 0 bridgehead atoms. The summed E-state index contributed by atoms with van der Waals surface area (Å²) in [5.74, 6) is 4.20. The van der Waals surface area contributed by atoms with Gasteiger partial charge < -0.3 is 4.90 Å². The Kier molecular flexibility index (Phi) is 5.55. The topological polar surface area (TPSA) is 20.3 Å². The van der Waals surface area contributed by atoms with Gasteiger partial charge in [-0.25, -0.2) is 0 Å². The van der Waals surface area contributed by atoms with Crippen LogP contribution in [0, 0.1) is 30.1 Å². The van der Waals surface area contributed by atoms with E-state index in [1.807, 2.05) is 4.90 Å². The first kappa shape index (κ1) is 14.1. The lowest BCUT2D eigenvalue weighted by Gasteiger charge is -2.24. The molecule has 1 aliphatic rings. The minimum atomic E-state index is 0.196. The van der Waals surface area contributed by atoms with Gasteiger partial charge in [0.25, 0.3) is 0 Å². The van der Waals surface area contributed by atoms with Gasteiger partial charge in [-0.2, -0.15) is 0 Å². The predicted molar refractivity (Wildman–Crippen MR) is 71.4 cm³/mol. The number of carbonyl (C=O) groups excluding carboxylic acids is 1. The Hall–Kier alpha value is -0.970. The molecule has 3 unspecified atom stereocenters. The Morgan fingerprint density at radius 1 is 1.47 bits per heavy atom. The summed E-state index contributed by atoms with van der Waals surface area (Å²) in [7, 11) is 0. The maximum Gasteiger partial charge on any atom is 0.225 e. The summed E-state index contributed by atoms with van der Waals surface area (Å²) < 4.78 is 0. The minimum Gasteiger partial charge on any atom is -0.341 e. The van der Waals surface area contributed by atoms with Gasteiger partial charge >= 0.3 is 0 Å². The third-order valence-corrected chi connectivity index (χ3v) is 3.96. The van der Waals surface area contributed by atoms with E-state index in [4.69, 9.17) is 6.42 Å². The number of hydrogen-bond donors (Lipinski definition) is 0. The van der Waals surface area contributed by atoms with Crippen LogP contribution < -0.4 is 0 Å². The van der Waals surface area contributed by atoms with Gasteiger partial charge in [0.2, 0.25) is 5.91 Å².